The van der Waals surface area contributed by atoms with Gasteiger partial charge in [-0.2, -0.15) is 0 Å². The summed E-state index contributed by atoms with van der Waals surface area (Å²) in [5, 5.41) is 24.7. The minimum atomic E-state index is -1.15. The minimum absolute atomic E-state index is 0.667. The van der Waals surface area contributed by atoms with Gasteiger partial charge in [-0.05, 0) is 6.92 Å². The van der Waals surface area contributed by atoms with Gasteiger partial charge in [0, 0.05) is 0 Å². The maximum Gasteiger partial charge on any atom is 0.221 e. The maximum absolute atomic E-state index is 5.92. The Hall–Kier alpha value is -2.50. The van der Waals surface area contributed by atoms with E-state index in [0.29, 0.717) is 11.6 Å². The molecule has 0 saturated carbocycles. The zero-order valence-corrected chi connectivity index (χ0v) is 10.7. The van der Waals surface area contributed by atoms with Crippen LogP contribution in [0, 0.1) is 0 Å². The monoisotopic (exact) mass is 279 g/mol. The van der Waals surface area contributed by atoms with Crippen LogP contribution >= 0.6 is 0 Å². The molecule has 0 aromatic heterocycles. The van der Waals surface area contributed by atoms with Crippen molar-refractivity contribution in [1.82, 2.24) is 42.5 Å². The SMILES string of the molecule is CC1(N)NC2=C(NC(=C3NC4=C(N3)NC(N)(N)N4)N2)N1. The first kappa shape index (κ1) is 11.3. The minimum Gasteiger partial charge on any atom is -0.334 e. The van der Waals surface area contributed by atoms with Crippen LogP contribution in [0.2, 0.25) is 0 Å². The van der Waals surface area contributed by atoms with Gasteiger partial charge >= 0.3 is 0 Å². The van der Waals surface area contributed by atoms with E-state index in [0.717, 1.165) is 23.3 Å². The Labute approximate surface area is 114 Å². The van der Waals surface area contributed by atoms with Crippen LogP contribution in [0.4, 0.5) is 0 Å². The lowest BCUT2D eigenvalue weighted by atomic mass is 10.4. The molecule has 14 N–H and O–H groups in total. The van der Waals surface area contributed by atoms with Crippen molar-refractivity contribution < 1.29 is 0 Å². The van der Waals surface area contributed by atoms with E-state index in [1.807, 2.05) is 6.92 Å². The van der Waals surface area contributed by atoms with Gasteiger partial charge in [-0.15, -0.1) is 0 Å². The molecule has 4 aliphatic rings. The molecule has 0 amide bonds. The van der Waals surface area contributed by atoms with E-state index < -0.39 is 11.7 Å². The Morgan fingerprint density at radius 3 is 1.35 bits per heavy atom. The van der Waals surface area contributed by atoms with Crippen molar-refractivity contribution in [2.45, 2.75) is 18.6 Å². The zero-order valence-electron chi connectivity index (χ0n) is 10.7. The molecule has 0 bridgehead atoms. The number of hydrogen-bond acceptors (Lipinski definition) is 11. The van der Waals surface area contributed by atoms with E-state index in [2.05, 4.69) is 42.5 Å². The smallest absolute Gasteiger partial charge is 0.221 e. The molecule has 0 aromatic rings. The second-order valence-electron chi connectivity index (χ2n) is 5.32. The average Bonchev–Trinajstić information content (AvgIpc) is 2.92. The first-order valence-electron chi connectivity index (χ1n) is 6.12. The molecule has 0 fully saturated rings. The Kier molecular flexibility index (Phi) is 1.78. The second-order valence-corrected chi connectivity index (χ2v) is 5.32. The summed E-state index contributed by atoms with van der Waals surface area (Å²) in [5.41, 5.74) is 17.4. The normalized spacial score (nSPS) is 27.4. The largest absolute Gasteiger partial charge is 0.334 e. The van der Waals surface area contributed by atoms with E-state index in [1.54, 1.807) is 0 Å². The van der Waals surface area contributed by atoms with Crippen molar-refractivity contribution >= 4 is 0 Å². The van der Waals surface area contributed by atoms with Crippen LogP contribution in [0.1, 0.15) is 6.92 Å². The van der Waals surface area contributed by atoms with Crippen molar-refractivity contribution in [3.05, 3.63) is 34.9 Å². The molecule has 0 aromatic carbocycles. The summed E-state index contributed by atoms with van der Waals surface area (Å²) < 4.78 is 0. The van der Waals surface area contributed by atoms with Gasteiger partial charge in [0.2, 0.25) is 5.91 Å². The predicted octanol–water partition coefficient (Wildman–Crippen LogP) is -4.70. The molecule has 4 heterocycles. The zero-order chi connectivity index (χ0) is 14.1. The van der Waals surface area contributed by atoms with Crippen molar-refractivity contribution in [2.24, 2.45) is 17.2 Å². The van der Waals surface area contributed by atoms with Crippen LogP contribution in [0.5, 0.6) is 0 Å². The van der Waals surface area contributed by atoms with Gasteiger partial charge in [0.1, 0.15) is 11.6 Å². The molecule has 20 heavy (non-hydrogen) atoms. The summed E-state index contributed by atoms with van der Waals surface area (Å²) in [6.45, 7) is 1.83. The summed E-state index contributed by atoms with van der Waals surface area (Å²) >= 11 is 0. The first-order chi connectivity index (χ1) is 9.31. The van der Waals surface area contributed by atoms with E-state index in [-0.39, 0.29) is 0 Å². The maximum atomic E-state index is 5.92. The molecule has 11 heteroatoms. The molecule has 11 nitrogen and oxygen atoms in total. The molecule has 0 saturated heterocycles. The summed E-state index contributed by atoms with van der Waals surface area (Å²) in [7, 11) is 0. The van der Waals surface area contributed by atoms with Gasteiger partial charge in [0.25, 0.3) is 0 Å². The highest BCUT2D eigenvalue weighted by molar-refractivity contribution is 5.38. The van der Waals surface area contributed by atoms with Gasteiger partial charge in [-0.25, -0.2) is 0 Å². The quantitative estimate of drug-likeness (QED) is 0.192. The summed E-state index contributed by atoms with van der Waals surface area (Å²) in [5.74, 6) is 2.64. The molecule has 0 radical (unpaired) electrons. The fourth-order valence-corrected chi connectivity index (χ4v) is 2.43. The van der Waals surface area contributed by atoms with Crippen molar-refractivity contribution in [3.8, 4) is 0 Å². The Bertz CT molecular complexity index is 499. The fraction of sp³-hybridized carbons (Fsp3) is 0.333. The van der Waals surface area contributed by atoms with E-state index in [1.165, 1.54) is 0 Å². The van der Waals surface area contributed by atoms with E-state index in [4.69, 9.17) is 17.2 Å². The molecule has 0 unspecified atom stereocenters. The van der Waals surface area contributed by atoms with Gasteiger partial charge < -0.3 is 42.5 Å². The third-order valence-electron chi connectivity index (χ3n) is 3.18. The summed E-state index contributed by atoms with van der Waals surface area (Å²) in [6, 6.07) is 0. The van der Waals surface area contributed by atoms with Gasteiger partial charge in [-0.3, -0.25) is 17.2 Å². The first-order valence-corrected chi connectivity index (χ1v) is 6.12. The van der Waals surface area contributed by atoms with Gasteiger partial charge in [0.05, 0.1) is 0 Å². The molecular formula is C9H17N11. The second kappa shape index (κ2) is 3.15. The number of hydrogen-bond donors (Lipinski definition) is 11. The lowest BCUT2D eigenvalue weighted by Crippen LogP contribution is -2.67. The fourth-order valence-electron chi connectivity index (χ4n) is 2.43. The Morgan fingerprint density at radius 1 is 0.600 bits per heavy atom. The lowest BCUT2D eigenvalue weighted by Gasteiger charge is -2.25. The van der Waals surface area contributed by atoms with E-state index in [9.17, 15) is 0 Å². The third kappa shape index (κ3) is 1.57. The number of nitrogens with two attached hydrogens (primary N) is 3. The van der Waals surface area contributed by atoms with Crippen molar-refractivity contribution in [1.29, 1.82) is 0 Å². The predicted molar refractivity (Wildman–Crippen MR) is 69.9 cm³/mol. The van der Waals surface area contributed by atoms with Crippen LogP contribution in [-0.2, 0) is 0 Å². The van der Waals surface area contributed by atoms with Gasteiger partial charge in [-0.1, -0.05) is 0 Å². The highest BCUT2D eigenvalue weighted by Gasteiger charge is 2.39. The Balaban J connectivity index is 1.48. The van der Waals surface area contributed by atoms with Crippen LogP contribution in [0.25, 0.3) is 0 Å². The molecule has 0 atom stereocenters. The highest BCUT2D eigenvalue weighted by atomic mass is 15.5. The van der Waals surface area contributed by atoms with E-state index >= 15 is 0 Å². The number of nitrogens with one attached hydrogen (secondary N) is 8. The molecule has 0 spiro atoms. The van der Waals surface area contributed by atoms with Crippen LogP contribution in [-0.4, -0.2) is 11.7 Å². The molecular weight excluding hydrogens is 262 g/mol. The average molecular weight is 279 g/mol. The van der Waals surface area contributed by atoms with Crippen LogP contribution in [0.15, 0.2) is 34.9 Å². The third-order valence-corrected chi connectivity index (χ3v) is 3.18. The standard InChI is InChI=1S/C9H17N11/c1-8(10)17-4-5(18-8)14-2(13-4)3-15-6-7(16-3)20-9(11,12)19-6/h13-20H,10-12H2,1H3. The molecule has 4 rings (SSSR count). The number of rotatable bonds is 0. The lowest BCUT2D eigenvalue weighted by molar-refractivity contribution is 0.347. The molecule has 0 aliphatic carbocycles. The van der Waals surface area contributed by atoms with Crippen molar-refractivity contribution in [3.63, 3.8) is 0 Å². The van der Waals surface area contributed by atoms with Crippen LogP contribution in [0.3, 0.4) is 0 Å². The van der Waals surface area contributed by atoms with Crippen molar-refractivity contribution in [2.75, 3.05) is 0 Å². The summed E-state index contributed by atoms with van der Waals surface area (Å²) in [4.78, 5) is 0. The molecule has 4 aliphatic heterocycles. The van der Waals surface area contributed by atoms with Crippen LogP contribution < -0.4 is 59.7 Å². The summed E-state index contributed by atoms with van der Waals surface area (Å²) in [6.07, 6.45) is 0. The molecule has 108 valence electrons. The Morgan fingerprint density at radius 2 is 0.950 bits per heavy atom. The van der Waals surface area contributed by atoms with Gasteiger partial charge in [0.15, 0.2) is 29.1 Å². The highest BCUT2D eigenvalue weighted by Crippen LogP contribution is 2.20. The topological polar surface area (TPSA) is 174 Å².